The van der Waals surface area contributed by atoms with Crippen LogP contribution in [-0.4, -0.2) is 58.7 Å². The predicted molar refractivity (Wildman–Crippen MR) is 105 cm³/mol. The van der Waals surface area contributed by atoms with Crippen molar-refractivity contribution < 1.29 is 13.2 Å². The van der Waals surface area contributed by atoms with Gasteiger partial charge in [-0.05, 0) is 32.6 Å². The van der Waals surface area contributed by atoms with Gasteiger partial charge < -0.3 is 15.4 Å². The summed E-state index contributed by atoms with van der Waals surface area (Å²) in [7, 11) is -2.95. The Morgan fingerprint density at radius 3 is 2.60 bits per heavy atom. The average Bonchev–Trinajstić information content (AvgIpc) is 2.56. The van der Waals surface area contributed by atoms with Crippen molar-refractivity contribution in [3.05, 3.63) is 0 Å². The van der Waals surface area contributed by atoms with Crippen molar-refractivity contribution in [3.8, 4) is 0 Å². The predicted octanol–water partition coefficient (Wildman–Crippen LogP) is 2.35. The number of sulfone groups is 1. The van der Waals surface area contributed by atoms with Crippen molar-refractivity contribution in [2.75, 3.05) is 38.3 Å². The number of aliphatic imine (C=N–C) groups is 1. The first-order valence-electron chi connectivity index (χ1n) is 9.71. The van der Waals surface area contributed by atoms with E-state index in [0.717, 1.165) is 18.4 Å². The van der Waals surface area contributed by atoms with Gasteiger partial charge in [-0.15, -0.1) is 0 Å². The fourth-order valence-electron chi connectivity index (χ4n) is 3.12. The van der Waals surface area contributed by atoms with Gasteiger partial charge in [0.1, 0.15) is 9.84 Å². The van der Waals surface area contributed by atoms with Crippen LogP contribution in [0.5, 0.6) is 0 Å². The van der Waals surface area contributed by atoms with Crippen LogP contribution in [0.1, 0.15) is 58.8 Å². The molecule has 148 valence electrons. The molecule has 6 nitrogen and oxygen atoms in total. The maximum Gasteiger partial charge on any atom is 0.191 e. The molecule has 2 N–H and O–H groups in total. The number of ether oxygens (including phenoxy) is 1. The van der Waals surface area contributed by atoms with Crippen LogP contribution in [0.15, 0.2) is 4.99 Å². The Labute approximate surface area is 154 Å². The third-order valence-corrected chi connectivity index (χ3v) is 5.47. The summed E-state index contributed by atoms with van der Waals surface area (Å²) in [6.45, 7) is 6.26. The highest BCUT2D eigenvalue weighted by molar-refractivity contribution is 7.90. The fraction of sp³-hybridized carbons (Fsp3) is 0.944. The van der Waals surface area contributed by atoms with Crippen LogP contribution in [0.4, 0.5) is 0 Å². The lowest BCUT2D eigenvalue weighted by molar-refractivity contribution is 0.157. The first-order chi connectivity index (χ1) is 11.9. The van der Waals surface area contributed by atoms with E-state index in [1.165, 1.54) is 51.2 Å². The lowest BCUT2D eigenvalue weighted by atomic mass is 9.85. The van der Waals surface area contributed by atoms with Gasteiger partial charge >= 0.3 is 0 Å². The van der Waals surface area contributed by atoms with Crippen LogP contribution in [0.3, 0.4) is 0 Å². The summed E-state index contributed by atoms with van der Waals surface area (Å²) in [6.07, 6.45) is 10.7. The third kappa shape index (κ3) is 12.2. The summed E-state index contributed by atoms with van der Waals surface area (Å²) in [6, 6.07) is 0.394. The van der Waals surface area contributed by atoms with E-state index >= 15 is 0 Å². The Bertz CT molecular complexity index is 474. The number of hydrogen-bond acceptors (Lipinski definition) is 4. The molecular weight excluding hydrogens is 338 g/mol. The first-order valence-corrected chi connectivity index (χ1v) is 11.8. The normalized spacial score (nSPS) is 18.1. The third-order valence-electron chi connectivity index (χ3n) is 4.56. The SMILES string of the molecule is CCNC(=NCCOCCS(C)(=O)=O)NC(C)CCC1CCCCC1. The summed E-state index contributed by atoms with van der Waals surface area (Å²) in [5.74, 6) is 1.78. The quantitative estimate of drug-likeness (QED) is 0.329. The number of nitrogens with zero attached hydrogens (tertiary/aromatic N) is 1. The van der Waals surface area contributed by atoms with E-state index in [1.54, 1.807) is 0 Å². The van der Waals surface area contributed by atoms with Gasteiger partial charge in [0.15, 0.2) is 5.96 Å². The molecule has 7 heteroatoms. The van der Waals surface area contributed by atoms with Crippen LogP contribution in [0.2, 0.25) is 0 Å². The molecule has 0 aromatic heterocycles. The minimum Gasteiger partial charge on any atom is -0.378 e. The Hall–Kier alpha value is -0.820. The van der Waals surface area contributed by atoms with E-state index in [1.807, 2.05) is 6.92 Å². The second kappa shape index (κ2) is 12.5. The molecule has 0 aromatic carbocycles. The van der Waals surface area contributed by atoms with Gasteiger partial charge in [0.2, 0.25) is 0 Å². The van der Waals surface area contributed by atoms with Crippen LogP contribution >= 0.6 is 0 Å². The van der Waals surface area contributed by atoms with Crippen LogP contribution in [0, 0.1) is 5.92 Å². The van der Waals surface area contributed by atoms with Crippen LogP contribution in [0.25, 0.3) is 0 Å². The molecule has 1 unspecified atom stereocenters. The highest BCUT2D eigenvalue weighted by Gasteiger charge is 2.15. The van der Waals surface area contributed by atoms with Gasteiger partial charge in [0.25, 0.3) is 0 Å². The topological polar surface area (TPSA) is 79.8 Å². The van der Waals surface area contributed by atoms with Crippen molar-refractivity contribution in [2.45, 2.75) is 64.8 Å². The minimum absolute atomic E-state index is 0.0627. The van der Waals surface area contributed by atoms with Gasteiger partial charge in [0.05, 0.1) is 25.5 Å². The van der Waals surface area contributed by atoms with Crippen molar-refractivity contribution in [3.63, 3.8) is 0 Å². The molecule has 0 aliphatic heterocycles. The Morgan fingerprint density at radius 1 is 1.24 bits per heavy atom. The Kier molecular flexibility index (Phi) is 11.1. The number of rotatable bonds is 11. The van der Waals surface area contributed by atoms with Crippen molar-refractivity contribution >= 4 is 15.8 Å². The van der Waals surface area contributed by atoms with Gasteiger partial charge in [-0.1, -0.05) is 32.1 Å². The highest BCUT2D eigenvalue weighted by atomic mass is 32.2. The van der Waals surface area contributed by atoms with Crippen LogP contribution in [-0.2, 0) is 14.6 Å². The molecule has 0 saturated heterocycles. The summed E-state index contributed by atoms with van der Waals surface area (Å²) in [5.41, 5.74) is 0. The van der Waals surface area contributed by atoms with E-state index < -0.39 is 9.84 Å². The molecule has 1 atom stereocenters. The molecule has 0 heterocycles. The number of nitrogens with one attached hydrogen (secondary N) is 2. The van der Waals surface area contributed by atoms with E-state index in [0.29, 0.717) is 19.2 Å². The van der Waals surface area contributed by atoms with E-state index in [9.17, 15) is 8.42 Å². The van der Waals surface area contributed by atoms with E-state index in [2.05, 4.69) is 22.5 Å². The van der Waals surface area contributed by atoms with Crippen molar-refractivity contribution in [2.24, 2.45) is 10.9 Å². The van der Waals surface area contributed by atoms with Crippen molar-refractivity contribution in [1.29, 1.82) is 0 Å². The molecule has 0 radical (unpaired) electrons. The Balaban J connectivity index is 2.23. The molecule has 25 heavy (non-hydrogen) atoms. The summed E-state index contributed by atoms with van der Waals surface area (Å²) in [5, 5.41) is 6.71. The van der Waals surface area contributed by atoms with Gasteiger partial charge in [-0.25, -0.2) is 8.42 Å². The van der Waals surface area contributed by atoms with Gasteiger partial charge in [-0.3, -0.25) is 4.99 Å². The molecular formula is C18H37N3O3S. The Morgan fingerprint density at radius 2 is 1.96 bits per heavy atom. The monoisotopic (exact) mass is 375 g/mol. The summed E-state index contributed by atoms with van der Waals surface area (Å²) >= 11 is 0. The molecule has 0 amide bonds. The second-order valence-electron chi connectivity index (χ2n) is 7.13. The van der Waals surface area contributed by atoms with Crippen molar-refractivity contribution in [1.82, 2.24) is 10.6 Å². The molecule has 1 fully saturated rings. The van der Waals surface area contributed by atoms with E-state index in [-0.39, 0.29) is 12.4 Å². The maximum absolute atomic E-state index is 11.0. The number of guanidine groups is 1. The van der Waals surface area contributed by atoms with E-state index in [4.69, 9.17) is 4.74 Å². The fourth-order valence-corrected chi connectivity index (χ4v) is 3.54. The molecule has 0 bridgehead atoms. The molecule has 0 spiro atoms. The smallest absolute Gasteiger partial charge is 0.191 e. The van der Waals surface area contributed by atoms with Gasteiger partial charge in [-0.2, -0.15) is 0 Å². The minimum atomic E-state index is -2.95. The van der Waals surface area contributed by atoms with Crippen LogP contribution < -0.4 is 10.6 Å². The maximum atomic E-state index is 11.0. The largest absolute Gasteiger partial charge is 0.378 e. The zero-order chi connectivity index (χ0) is 18.5. The highest BCUT2D eigenvalue weighted by Crippen LogP contribution is 2.27. The average molecular weight is 376 g/mol. The zero-order valence-electron chi connectivity index (χ0n) is 16.2. The summed E-state index contributed by atoms with van der Waals surface area (Å²) < 4.78 is 27.4. The first kappa shape index (κ1) is 22.2. The number of hydrogen-bond donors (Lipinski definition) is 2. The molecule has 0 aromatic rings. The second-order valence-corrected chi connectivity index (χ2v) is 9.39. The summed E-state index contributed by atoms with van der Waals surface area (Å²) in [4.78, 5) is 4.50. The standard InChI is InChI=1S/C18H37N3O3S/c1-4-19-18(20-12-13-24-14-15-25(3,22)23)21-16(2)10-11-17-8-6-5-7-9-17/h16-17H,4-15H2,1-3H3,(H2,19,20,21). The molecule has 1 saturated carbocycles. The molecule has 1 aliphatic rings. The zero-order valence-corrected chi connectivity index (χ0v) is 17.0. The molecule has 1 aliphatic carbocycles. The lowest BCUT2D eigenvalue weighted by Gasteiger charge is -2.24. The van der Waals surface area contributed by atoms with Gasteiger partial charge in [0, 0.05) is 18.8 Å². The molecule has 1 rings (SSSR count). The lowest BCUT2D eigenvalue weighted by Crippen LogP contribution is -2.42.